The van der Waals surface area contributed by atoms with Crippen molar-refractivity contribution in [3.05, 3.63) is 68.3 Å². The van der Waals surface area contributed by atoms with Gasteiger partial charge in [-0.15, -0.1) is 0 Å². The summed E-state index contributed by atoms with van der Waals surface area (Å²) >= 11 is 8.45. The lowest BCUT2D eigenvalue weighted by Gasteiger charge is -2.35. The molecule has 2 aromatic rings. The Hall–Kier alpha value is -1.11. The molecule has 1 heterocycles. The number of nitrogens with zero attached hydrogens (tertiary/aromatic N) is 2. The van der Waals surface area contributed by atoms with Crippen LogP contribution in [0.1, 0.15) is 15.9 Å². The number of halogens is 2. The van der Waals surface area contributed by atoms with Gasteiger partial charge >= 0.3 is 0 Å². The highest BCUT2D eigenvalue weighted by molar-refractivity contribution is 14.1. The van der Waals surface area contributed by atoms with Gasteiger partial charge in [-0.1, -0.05) is 41.9 Å². The summed E-state index contributed by atoms with van der Waals surface area (Å²) in [5.74, 6) is 0.132. The molecular weight excluding hydrogens is 423 g/mol. The van der Waals surface area contributed by atoms with E-state index in [0.29, 0.717) is 0 Å². The van der Waals surface area contributed by atoms with Crippen molar-refractivity contribution in [2.24, 2.45) is 0 Å². The molecule has 0 aromatic heterocycles. The van der Waals surface area contributed by atoms with Crippen LogP contribution < -0.4 is 0 Å². The van der Waals surface area contributed by atoms with Crippen LogP contribution in [0.5, 0.6) is 0 Å². The normalized spacial score (nSPS) is 15.7. The molecule has 0 saturated carbocycles. The van der Waals surface area contributed by atoms with Gasteiger partial charge in [0, 0.05) is 41.3 Å². The smallest absolute Gasteiger partial charge is 0.255 e. The van der Waals surface area contributed by atoms with E-state index in [9.17, 15) is 4.79 Å². The second-order valence-electron chi connectivity index (χ2n) is 5.64. The molecule has 1 amide bonds. The lowest BCUT2D eigenvalue weighted by Crippen LogP contribution is -2.48. The Bertz CT molecular complexity index is 699. The Labute approximate surface area is 155 Å². The molecule has 3 rings (SSSR count). The van der Waals surface area contributed by atoms with E-state index in [-0.39, 0.29) is 5.91 Å². The molecule has 3 nitrogen and oxygen atoms in total. The van der Waals surface area contributed by atoms with Gasteiger partial charge in [0.1, 0.15) is 0 Å². The number of amides is 1. The molecule has 0 atom stereocenters. The minimum atomic E-state index is 0.132. The first-order valence-corrected chi connectivity index (χ1v) is 9.10. The van der Waals surface area contributed by atoms with E-state index in [0.717, 1.165) is 52.4 Å². The maximum absolute atomic E-state index is 12.6. The first-order valence-electron chi connectivity index (χ1n) is 7.65. The summed E-state index contributed by atoms with van der Waals surface area (Å²) in [7, 11) is 0. The molecule has 1 aliphatic rings. The molecule has 0 aliphatic carbocycles. The van der Waals surface area contributed by atoms with E-state index in [1.165, 1.54) is 0 Å². The summed E-state index contributed by atoms with van der Waals surface area (Å²) in [6, 6.07) is 15.7. The topological polar surface area (TPSA) is 23.6 Å². The minimum Gasteiger partial charge on any atom is -0.336 e. The first kappa shape index (κ1) is 16.7. The molecule has 23 heavy (non-hydrogen) atoms. The average Bonchev–Trinajstić information content (AvgIpc) is 2.57. The van der Waals surface area contributed by atoms with Crippen molar-refractivity contribution in [3.63, 3.8) is 0 Å². The van der Waals surface area contributed by atoms with Crippen molar-refractivity contribution in [1.29, 1.82) is 0 Å². The minimum absolute atomic E-state index is 0.132. The highest BCUT2D eigenvalue weighted by Crippen LogP contribution is 2.19. The molecule has 1 saturated heterocycles. The monoisotopic (exact) mass is 440 g/mol. The number of benzene rings is 2. The summed E-state index contributed by atoms with van der Waals surface area (Å²) in [4.78, 5) is 16.9. The molecule has 1 fully saturated rings. The second kappa shape index (κ2) is 7.64. The van der Waals surface area contributed by atoms with Gasteiger partial charge in [0.05, 0.1) is 5.56 Å². The Morgan fingerprint density at radius 1 is 1.00 bits per heavy atom. The lowest BCUT2D eigenvalue weighted by molar-refractivity contribution is 0.0627. The van der Waals surface area contributed by atoms with Gasteiger partial charge < -0.3 is 4.90 Å². The molecule has 1 aliphatic heterocycles. The predicted molar refractivity (Wildman–Crippen MR) is 102 cm³/mol. The highest BCUT2D eigenvalue weighted by atomic mass is 127. The van der Waals surface area contributed by atoms with Crippen LogP contribution in [0.25, 0.3) is 0 Å². The molecule has 0 N–H and O–H groups in total. The Balaban J connectivity index is 1.59. The standard InChI is InChI=1S/C18H18ClIN2O/c19-16-7-3-1-5-14(16)13-21-9-11-22(12-10-21)18(23)15-6-2-4-8-17(15)20/h1-8H,9-13H2. The number of hydrogen-bond acceptors (Lipinski definition) is 2. The summed E-state index contributed by atoms with van der Waals surface area (Å²) < 4.78 is 1.01. The van der Waals surface area contributed by atoms with E-state index >= 15 is 0 Å². The fourth-order valence-corrected chi connectivity index (χ4v) is 3.60. The third-order valence-corrected chi connectivity index (χ3v) is 5.42. The van der Waals surface area contributed by atoms with E-state index in [1.807, 2.05) is 47.4 Å². The third-order valence-electron chi connectivity index (χ3n) is 4.12. The van der Waals surface area contributed by atoms with Crippen LogP contribution in [0.4, 0.5) is 0 Å². The van der Waals surface area contributed by atoms with Gasteiger partial charge in [0.15, 0.2) is 0 Å². The molecular formula is C18H18ClIN2O. The van der Waals surface area contributed by atoms with Crippen molar-refractivity contribution < 1.29 is 4.79 Å². The van der Waals surface area contributed by atoms with Crippen LogP contribution in [0.3, 0.4) is 0 Å². The second-order valence-corrected chi connectivity index (χ2v) is 7.21. The van der Waals surface area contributed by atoms with Crippen molar-refractivity contribution in [3.8, 4) is 0 Å². The van der Waals surface area contributed by atoms with Crippen LogP contribution >= 0.6 is 34.2 Å². The zero-order valence-corrected chi connectivity index (χ0v) is 15.6. The number of rotatable bonds is 3. The van der Waals surface area contributed by atoms with Crippen LogP contribution in [0, 0.1) is 3.57 Å². The summed E-state index contributed by atoms with van der Waals surface area (Å²) in [5.41, 5.74) is 1.94. The average molecular weight is 441 g/mol. The van der Waals surface area contributed by atoms with Gasteiger partial charge in [-0.3, -0.25) is 9.69 Å². The van der Waals surface area contributed by atoms with Crippen LogP contribution in [0.15, 0.2) is 48.5 Å². The zero-order valence-electron chi connectivity index (χ0n) is 12.7. The van der Waals surface area contributed by atoms with Gasteiger partial charge in [-0.2, -0.15) is 0 Å². The molecule has 0 spiro atoms. The van der Waals surface area contributed by atoms with E-state index in [4.69, 9.17) is 11.6 Å². The van der Waals surface area contributed by atoms with Crippen molar-refractivity contribution in [2.45, 2.75) is 6.54 Å². The van der Waals surface area contributed by atoms with Crippen molar-refractivity contribution in [2.75, 3.05) is 26.2 Å². The Kier molecular flexibility index (Phi) is 5.56. The highest BCUT2D eigenvalue weighted by Gasteiger charge is 2.23. The van der Waals surface area contributed by atoms with Crippen LogP contribution in [-0.2, 0) is 6.54 Å². The van der Waals surface area contributed by atoms with Crippen LogP contribution in [0.2, 0.25) is 5.02 Å². The van der Waals surface area contributed by atoms with Crippen molar-refractivity contribution in [1.82, 2.24) is 9.80 Å². The van der Waals surface area contributed by atoms with Gasteiger partial charge in [-0.05, 0) is 46.4 Å². The van der Waals surface area contributed by atoms with E-state index < -0.39 is 0 Å². The van der Waals surface area contributed by atoms with Gasteiger partial charge in [0.2, 0.25) is 0 Å². The van der Waals surface area contributed by atoms with Gasteiger partial charge in [0.25, 0.3) is 5.91 Å². The predicted octanol–water partition coefficient (Wildman–Crippen LogP) is 3.90. The SMILES string of the molecule is O=C(c1ccccc1I)N1CCN(Cc2ccccc2Cl)CC1. The zero-order chi connectivity index (χ0) is 16.2. The molecule has 0 unspecified atom stereocenters. The fourth-order valence-electron chi connectivity index (χ4n) is 2.78. The third kappa shape index (κ3) is 4.05. The summed E-state index contributed by atoms with van der Waals surface area (Å²) in [6.45, 7) is 4.11. The lowest BCUT2D eigenvalue weighted by atomic mass is 10.1. The summed E-state index contributed by atoms with van der Waals surface area (Å²) in [5, 5.41) is 0.810. The molecule has 0 bridgehead atoms. The first-order chi connectivity index (χ1) is 11.1. The Morgan fingerprint density at radius 3 is 2.35 bits per heavy atom. The van der Waals surface area contributed by atoms with Crippen molar-refractivity contribution >= 4 is 40.1 Å². The molecule has 120 valence electrons. The number of carbonyl (C=O) groups excluding carboxylic acids is 1. The number of carbonyl (C=O) groups is 1. The fraction of sp³-hybridized carbons (Fsp3) is 0.278. The quantitative estimate of drug-likeness (QED) is 0.676. The Morgan fingerprint density at radius 2 is 1.65 bits per heavy atom. The molecule has 2 aromatic carbocycles. The van der Waals surface area contributed by atoms with Crippen LogP contribution in [-0.4, -0.2) is 41.9 Å². The van der Waals surface area contributed by atoms with E-state index in [1.54, 1.807) is 0 Å². The van der Waals surface area contributed by atoms with E-state index in [2.05, 4.69) is 33.6 Å². The molecule has 5 heteroatoms. The maximum atomic E-state index is 12.6. The largest absolute Gasteiger partial charge is 0.336 e. The molecule has 0 radical (unpaired) electrons. The maximum Gasteiger partial charge on any atom is 0.255 e. The summed E-state index contributed by atoms with van der Waals surface area (Å²) in [6.07, 6.45) is 0. The van der Waals surface area contributed by atoms with Gasteiger partial charge in [-0.25, -0.2) is 0 Å². The number of piperazine rings is 1. The number of hydrogen-bond donors (Lipinski definition) is 0.